The minimum atomic E-state index is -1.10. The van der Waals surface area contributed by atoms with Gasteiger partial charge in [-0.3, -0.25) is 0 Å². The lowest BCUT2D eigenvalue weighted by molar-refractivity contribution is 0.473. The van der Waals surface area contributed by atoms with Gasteiger partial charge >= 0.3 is 0 Å². The van der Waals surface area contributed by atoms with Crippen LogP contribution in [0, 0.1) is 23.0 Å². The van der Waals surface area contributed by atoms with Gasteiger partial charge in [-0.25, -0.2) is 8.78 Å². The monoisotopic (exact) mass is 279 g/mol. The van der Waals surface area contributed by atoms with Crippen molar-refractivity contribution in [3.8, 4) is 17.6 Å². The third kappa shape index (κ3) is 3.21. The van der Waals surface area contributed by atoms with Crippen molar-refractivity contribution in [2.75, 3.05) is 0 Å². The van der Waals surface area contributed by atoms with Crippen LogP contribution in [0.4, 0.5) is 8.78 Å². The van der Waals surface area contributed by atoms with Crippen molar-refractivity contribution in [1.82, 2.24) is 0 Å². The number of alkyl halides is 1. The second kappa shape index (κ2) is 5.68. The molecule has 2 aromatic carbocycles. The zero-order valence-electron chi connectivity index (χ0n) is 9.61. The summed E-state index contributed by atoms with van der Waals surface area (Å²) < 4.78 is 31.8. The number of hydrogen-bond acceptors (Lipinski definition) is 2. The predicted molar refractivity (Wildman–Crippen MR) is 67.1 cm³/mol. The molecule has 0 N–H and O–H groups in total. The predicted octanol–water partition coefficient (Wildman–Crippen LogP) is 4.56. The van der Waals surface area contributed by atoms with Crippen molar-refractivity contribution in [3.63, 3.8) is 0 Å². The van der Waals surface area contributed by atoms with Gasteiger partial charge < -0.3 is 4.74 Å². The minimum Gasteiger partial charge on any atom is -0.457 e. The van der Waals surface area contributed by atoms with E-state index >= 15 is 0 Å². The molecule has 1 unspecified atom stereocenters. The summed E-state index contributed by atoms with van der Waals surface area (Å²) in [5.41, 5.74) is 0.0260. The van der Waals surface area contributed by atoms with Crippen molar-refractivity contribution in [1.29, 1.82) is 5.26 Å². The van der Waals surface area contributed by atoms with Crippen LogP contribution in [0.3, 0.4) is 0 Å². The van der Waals surface area contributed by atoms with Crippen LogP contribution in [0.25, 0.3) is 0 Å². The highest BCUT2D eigenvalue weighted by Gasteiger charge is 2.13. The van der Waals surface area contributed by atoms with E-state index in [2.05, 4.69) is 0 Å². The Hall–Kier alpha value is -2.12. The molecule has 0 fully saturated rings. The number of halogens is 3. The molecule has 5 heteroatoms. The molecule has 2 rings (SSSR count). The van der Waals surface area contributed by atoms with Crippen LogP contribution in [-0.4, -0.2) is 0 Å². The van der Waals surface area contributed by atoms with Gasteiger partial charge in [0, 0.05) is 11.6 Å². The Bertz CT molecular complexity index is 640. The van der Waals surface area contributed by atoms with E-state index in [0.29, 0.717) is 0 Å². The zero-order valence-corrected chi connectivity index (χ0v) is 10.4. The molecule has 1 atom stereocenters. The maximum Gasteiger partial charge on any atom is 0.148 e. The molecule has 2 aromatic rings. The maximum absolute atomic E-state index is 13.5. The molecule has 0 saturated heterocycles. The average molecular weight is 280 g/mol. The van der Waals surface area contributed by atoms with Crippen molar-refractivity contribution < 1.29 is 13.5 Å². The molecule has 0 bridgehead atoms. The Balaban J connectivity index is 2.29. The summed E-state index contributed by atoms with van der Waals surface area (Å²) in [6, 6.07) is 11.1. The number of rotatable bonds is 3. The first-order valence-electron chi connectivity index (χ1n) is 5.36. The summed E-state index contributed by atoms with van der Waals surface area (Å²) in [6.45, 7) is 0. The van der Waals surface area contributed by atoms with Crippen LogP contribution in [0.15, 0.2) is 42.5 Å². The summed E-state index contributed by atoms with van der Waals surface area (Å²) in [6.07, 6.45) is 0. The Kier molecular flexibility index (Phi) is 3.98. The first-order chi connectivity index (χ1) is 9.10. The van der Waals surface area contributed by atoms with Gasteiger partial charge in [-0.1, -0.05) is 6.07 Å². The molecular formula is C14H8ClF2NO. The van der Waals surface area contributed by atoms with E-state index < -0.39 is 17.0 Å². The molecule has 0 radical (unpaired) electrons. The molecule has 0 amide bonds. The van der Waals surface area contributed by atoms with Gasteiger partial charge in [0.25, 0.3) is 0 Å². The van der Waals surface area contributed by atoms with E-state index in [1.165, 1.54) is 30.3 Å². The Morgan fingerprint density at radius 1 is 1.11 bits per heavy atom. The van der Waals surface area contributed by atoms with Gasteiger partial charge in [-0.15, -0.1) is 11.6 Å². The van der Waals surface area contributed by atoms with Gasteiger partial charge in [0.05, 0.1) is 6.07 Å². The molecule has 0 aromatic heterocycles. The van der Waals surface area contributed by atoms with Crippen LogP contribution in [-0.2, 0) is 0 Å². The summed E-state index contributed by atoms with van der Waals surface area (Å²) >= 11 is 5.68. The van der Waals surface area contributed by atoms with Crippen molar-refractivity contribution in [3.05, 3.63) is 59.7 Å². The fourth-order valence-corrected chi connectivity index (χ4v) is 1.68. The minimum absolute atomic E-state index is 0.0260. The van der Waals surface area contributed by atoms with E-state index in [1.807, 2.05) is 0 Å². The van der Waals surface area contributed by atoms with Gasteiger partial charge in [-0.05, 0) is 30.3 Å². The summed E-state index contributed by atoms with van der Waals surface area (Å²) in [5.74, 6) is -0.469. The molecule has 0 aliphatic rings. The van der Waals surface area contributed by atoms with Gasteiger partial charge in [0.2, 0.25) is 0 Å². The quantitative estimate of drug-likeness (QED) is 0.772. The second-order valence-electron chi connectivity index (χ2n) is 3.73. The molecule has 19 heavy (non-hydrogen) atoms. The molecule has 0 aliphatic heterocycles. The van der Waals surface area contributed by atoms with Crippen molar-refractivity contribution in [2.45, 2.75) is 5.38 Å². The number of benzene rings is 2. The molecule has 0 spiro atoms. The molecule has 0 saturated carbocycles. The molecule has 0 aliphatic carbocycles. The number of hydrogen-bond donors (Lipinski definition) is 0. The van der Waals surface area contributed by atoms with Crippen LogP contribution < -0.4 is 4.74 Å². The van der Waals surface area contributed by atoms with Gasteiger partial charge in [0.1, 0.15) is 28.5 Å². The smallest absolute Gasteiger partial charge is 0.148 e. The zero-order chi connectivity index (χ0) is 13.8. The van der Waals surface area contributed by atoms with E-state index in [4.69, 9.17) is 21.6 Å². The van der Waals surface area contributed by atoms with Gasteiger partial charge in [-0.2, -0.15) is 5.26 Å². The Morgan fingerprint density at radius 2 is 1.84 bits per heavy atom. The van der Waals surface area contributed by atoms with E-state index in [9.17, 15) is 8.78 Å². The highest BCUT2D eigenvalue weighted by molar-refractivity contribution is 6.22. The van der Waals surface area contributed by atoms with E-state index in [1.54, 1.807) is 12.1 Å². The van der Waals surface area contributed by atoms with Gasteiger partial charge in [0.15, 0.2) is 0 Å². The third-order valence-electron chi connectivity index (χ3n) is 2.39. The second-order valence-corrected chi connectivity index (χ2v) is 4.17. The highest BCUT2D eigenvalue weighted by Crippen LogP contribution is 2.29. The Morgan fingerprint density at radius 3 is 2.53 bits per heavy atom. The van der Waals surface area contributed by atoms with Crippen LogP contribution >= 0.6 is 11.6 Å². The normalized spacial score (nSPS) is 11.7. The van der Waals surface area contributed by atoms with Crippen molar-refractivity contribution in [2.24, 2.45) is 0 Å². The van der Waals surface area contributed by atoms with Crippen LogP contribution in [0.1, 0.15) is 10.9 Å². The van der Waals surface area contributed by atoms with Crippen LogP contribution in [0.5, 0.6) is 11.5 Å². The number of nitriles is 1. The molecule has 0 heterocycles. The standard InChI is InChI=1S/C14H8ClF2NO/c15-13(8-18)12-7-11(4-5-14(12)17)19-10-3-1-2-9(16)6-10/h1-7,13H. The first-order valence-corrected chi connectivity index (χ1v) is 5.80. The number of ether oxygens (including phenoxy) is 1. The van der Waals surface area contributed by atoms with Crippen LogP contribution in [0.2, 0.25) is 0 Å². The fourth-order valence-electron chi connectivity index (χ4n) is 1.52. The average Bonchev–Trinajstić information content (AvgIpc) is 2.40. The lowest BCUT2D eigenvalue weighted by Crippen LogP contribution is -1.94. The number of nitrogens with zero attached hydrogens (tertiary/aromatic N) is 1. The SMILES string of the molecule is N#CC(Cl)c1cc(Oc2cccc(F)c2)ccc1F. The summed E-state index contributed by atoms with van der Waals surface area (Å²) in [5, 5.41) is 7.59. The van der Waals surface area contributed by atoms with Crippen molar-refractivity contribution >= 4 is 11.6 Å². The van der Waals surface area contributed by atoms with E-state index in [-0.39, 0.29) is 17.1 Å². The lowest BCUT2D eigenvalue weighted by Gasteiger charge is -2.09. The summed E-state index contributed by atoms with van der Waals surface area (Å²) in [4.78, 5) is 0. The Labute approximate surface area is 113 Å². The third-order valence-corrected chi connectivity index (χ3v) is 2.72. The maximum atomic E-state index is 13.5. The molecule has 96 valence electrons. The molecular weight excluding hydrogens is 272 g/mol. The first kappa shape index (κ1) is 13.3. The molecule has 2 nitrogen and oxygen atoms in total. The largest absolute Gasteiger partial charge is 0.457 e. The van der Waals surface area contributed by atoms with E-state index in [0.717, 1.165) is 6.07 Å². The topological polar surface area (TPSA) is 33.0 Å². The summed E-state index contributed by atoms with van der Waals surface area (Å²) in [7, 11) is 0. The lowest BCUT2D eigenvalue weighted by atomic mass is 10.1. The fraction of sp³-hybridized carbons (Fsp3) is 0.0714. The highest BCUT2D eigenvalue weighted by atomic mass is 35.5.